The lowest BCUT2D eigenvalue weighted by molar-refractivity contribution is 0.415. The second-order valence-electron chi connectivity index (χ2n) is 3.84. The molecule has 1 aromatic heterocycles. The van der Waals surface area contributed by atoms with E-state index >= 15 is 0 Å². The van der Waals surface area contributed by atoms with Gasteiger partial charge in [0.25, 0.3) is 0 Å². The number of nitrogens with zero attached hydrogens (tertiary/aromatic N) is 1. The van der Waals surface area contributed by atoms with Gasteiger partial charge in [-0.2, -0.15) is 0 Å². The Morgan fingerprint density at radius 2 is 1.89 bits per heavy atom. The van der Waals surface area contributed by atoms with Gasteiger partial charge in [-0.1, -0.05) is 6.07 Å². The molecule has 0 atom stereocenters. The first-order valence-electron chi connectivity index (χ1n) is 5.47. The molecule has 0 aliphatic carbocycles. The summed E-state index contributed by atoms with van der Waals surface area (Å²) in [5.74, 6) is 0.579. The normalized spacial score (nSPS) is 10.8. The fourth-order valence-corrected chi connectivity index (χ4v) is 2.75. The number of methoxy groups -OCH3 is 1. The Morgan fingerprint density at radius 1 is 1.11 bits per heavy atom. The maximum absolute atomic E-state index is 13.6. The van der Waals surface area contributed by atoms with Gasteiger partial charge < -0.3 is 4.74 Å². The van der Waals surface area contributed by atoms with Crippen molar-refractivity contribution in [2.45, 2.75) is 0 Å². The summed E-state index contributed by atoms with van der Waals surface area (Å²) in [6.45, 7) is 0. The lowest BCUT2D eigenvalue weighted by Crippen LogP contribution is -1.82. The molecule has 18 heavy (non-hydrogen) atoms. The third-order valence-corrected chi connectivity index (χ3v) is 3.83. The van der Waals surface area contributed by atoms with Crippen LogP contribution in [0.4, 0.5) is 4.39 Å². The number of hydrogen-bond acceptors (Lipinski definition) is 3. The Hall–Kier alpha value is -1.94. The van der Waals surface area contributed by atoms with Gasteiger partial charge in [0, 0.05) is 5.56 Å². The SMILES string of the molecule is COc1ccc(-c2nc3cccc(F)c3s2)cc1. The molecule has 90 valence electrons. The van der Waals surface area contributed by atoms with Crippen LogP contribution in [0.2, 0.25) is 0 Å². The van der Waals surface area contributed by atoms with Crippen LogP contribution in [0.25, 0.3) is 20.8 Å². The number of fused-ring (bicyclic) bond motifs is 1. The highest BCUT2D eigenvalue weighted by Gasteiger charge is 2.09. The van der Waals surface area contributed by atoms with Gasteiger partial charge in [0.2, 0.25) is 0 Å². The summed E-state index contributed by atoms with van der Waals surface area (Å²) in [6, 6.07) is 12.5. The van der Waals surface area contributed by atoms with Crippen molar-refractivity contribution >= 4 is 21.6 Å². The van der Waals surface area contributed by atoms with Crippen molar-refractivity contribution in [3.8, 4) is 16.3 Å². The molecule has 3 rings (SSSR count). The summed E-state index contributed by atoms with van der Waals surface area (Å²) in [7, 11) is 1.63. The zero-order valence-corrected chi connectivity index (χ0v) is 10.5. The molecule has 0 unspecified atom stereocenters. The highest BCUT2D eigenvalue weighted by atomic mass is 32.1. The van der Waals surface area contributed by atoms with Gasteiger partial charge >= 0.3 is 0 Å². The Morgan fingerprint density at radius 3 is 2.56 bits per heavy atom. The minimum atomic E-state index is -0.218. The van der Waals surface area contributed by atoms with Crippen LogP contribution in [0.1, 0.15) is 0 Å². The molecule has 2 aromatic carbocycles. The van der Waals surface area contributed by atoms with E-state index in [-0.39, 0.29) is 5.82 Å². The van der Waals surface area contributed by atoms with Gasteiger partial charge in [0.1, 0.15) is 16.6 Å². The highest BCUT2D eigenvalue weighted by molar-refractivity contribution is 7.21. The molecule has 3 aromatic rings. The van der Waals surface area contributed by atoms with Crippen molar-refractivity contribution in [1.82, 2.24) is 4.98 Å². The second kappa shape index (κ2) is 4.38. The molecule has 0 bridgehead atoms. The third-order valence-electron chi connectivity index (χ3n) is 2.70. The summed E-state index contributed by atoms with van der Waals surface area (Å²) < 4.78 is 19.3. The van der Waals surface area contributed by atoms with Crippen LogP contribution in [0.15, 0.2) is 42.5 Å². The fourth-order valence-electron chi connectivity index (χ4n) is 1.77. The smallest absolute Gasteiger partial charge is 0.142 e. The van der Waals surface area contributed by atoms with E-state index in [1.54, 1.807) is 13.2 Å². The molecular weight excluding hydrogens is 249 g/mol. The summed E-state index contributed by atoms with van der Waals surface area (Å²) in [5.41, 5.74) is 1.67. The Bertz CT molecular complexity index is 691. The number of halogens is 1. The van der Waals surface area contributed by atoms with Crippen LogP contribution in [0.5, 0.6) is 5.75 Å². The first-order chi connectivity index (χ1) is 8.78. The average Bonchev–Trinajstić information content (AvgIpc) is 2.84. The summed E-state index contributed by atoms with van der Waals surface area (Å²) in [6.07, 6.45) is 0. The molecule has 0 saturated heterocycles. The van der Waals surface area contributed by atoms with Gasteiger partial charge in [-0.15, -0.1) is 11.3 Å². The second-order valence-corrected chi connectivity index (χ2v) is 4.83. The molecule has 0 aliphatic rings. The zero-order valence-electron chi connectivity index (χ0n) is 9.68. The summed E-state index contributed by atoms with van der Waals surface area (Å²) >= 11 is 1.36. The molecule has 4 heteroatoms. The quantitative estimate of drug-likeness (QED) is 0.691. The van der Waals surface area contributed by atoms with E-state index in [4.69, 9.17) is 4.74 Å². The van der Waals surface area contributed by atoms with Crippen LogP contribution >= 0.6 is 11.3 Å². The number of benzene rings is 2. The topological polar surface area (TPSA) is 22.1 Å². The van der Waals surface area contributed by atoms with Crippen molar-refractivity contribution in [3.63, 3.8) is 0 Å². The number of rotatable bonds is 2. The number of ether oxygens (including phenoxy) is 1. The predicted molar refractivity (Wildman–Crippen MR) is 71.6 cm³/mol. The Kier molecular flexibility index (Phi) is 2.72. The van der Waals surface area contributed by atoms with Crippen molar-refractivity contribution < 1.29 is 9.13 Å². The van der Waals surface area contributed by atoms with Crippen LogP contribution in [-0.2, 0) is 0 Å². The van der Waals surface area contributed by atoms with Crippen LogP contribution < -0.4 is 4.74 Å². The fraction of sp³-hybridized carbons (Fsp3) is 0.0714. The molecule has 0 saturated carbocycles. The number of thiazole rings is 1. The molecule has 0 fully saturated rings. The van der Waals surface area contributed by atoms with Crippen molar-refractivity contribution in [2.75, 3.05) is 7.11 Å². The average molecular weight is 259 g/mol. The van der Waals surface area contributed by atoms with E-state index < -0.39 is 0 Å². The van der Waals surface area contributed by atoms with E-state index in [0.29, 0.717) is 10.2 Å². The lowest BCUT2D eigenvalue weighted by Gasteiger charge is -1.99. The van der Waals surface area contributed by atoms with Crippen LogP contribution in [-0.4, -0.2) is 12.1 Å². The van der Waals surface area contributed by atoms with Gasteiger partial charge in [-0.3, -0.25) is 0 Å². The molecule has 0 N–H and O–H groups in total. The third kappa shape index (κ3) is 1.84. The van der Waals surface area contributed by atoms with Gasteiger partial charge in [-0.05, 0) is 36.4 Å². The van der Waals surface area contributed by atoms with E-state index in [0.717, 1.165) is 16.3 Å². The zero-order chi connectivity index (χ0) is 12.5. The molecule has 2 nitrogen and oxygen atoms in total. The molecule has 0 amide bonds. The van der Waals surface area contributed by atoms with E-state index in [1.807, 2.05) is 30.3 Å². The maximum Gasteiger partial charge on any atom is 0.142 e. The number of hydrogen-bond donors (Lipinski definition) is 0. The molecule has 0 aliphatic heterocycles. The van der Waals surface area contributed by atoms with Gasteiger partial charge in [-0.25, -0.2) is 9.37 Å². The molecular formula is C14H10FNOS. The lowest BCUT2D eigenvalue weighted by atomic mass is 10.2. The molecule has 1 heterocycles. The van der Waals surface area contributed by atoms with Crippen molar-refractivity contribution in [3.05, 3.63) is 48.3 Å². The predicted octanol–water partition coefficient (Wildman–Crippen LogP) is 4.11. The van der Waals surface area contributed by atoms with E-state index in [9.17, 15) is 4.39 Å². The summed E-state index contributed by atoms with van der Waals surface area (Å²) in [4.78, 5) is 4.44. The van der Waals surface area contributed by atoms with E-state index in [1.165, 1.54) is 17.4 Å². The minimum absolute atomic E-state index is 0.218. The van der Waals surface area contributed by atoms with Crippen molar-refractivity contribution in [2.24, 2.45) is 0 Å². The summed E-state index contributed by atoms with van der Waals surface area (Å²) in [5, 5.41) is 0.817. The van der Waals surface area contributed by atoms with Crippen LogP contribution in [0, 0.1) is 5.82 Å². The van der Waals surface area contributed by atoms with Crippen LogP contribution in [0.3, 0.4) is 0 Å². The monoisotopic (exact) mass is 259 g/mol. The van der Waals surface area contributed by atoms with Gasteiger partial charge in [0.05, 0.1) is 17.3 Å². The van der Waals surface area contributed by atoms with Gasteiger partial charge in [0.15, 0.2) is 0 Å². The first kappa shape index (κ1) is 11.2. The number of aromatic nitrogens is 1. The largest absolute Gasteiger partial charge is 0.497 e. The Balaban J connectivity index is 2.10. The highest BCUT2D eigenvalue weighted by Crippen LogP contribution is 2.32. The first-order valence-corrected chi connectivity index (χ1v) is 6.29. The molecule has 0 spiro atoms. The van der Waals surface area contributed by atoms with E-state index in [2.05, 4.69) is 4.98 Å². The molecule has 0 radical (unpaired) electrons. The Labute approximate surface area is 108 Å². The maximum atomic E-state index is 13.6. The standard InChI is InChI=1S/C14H10FNOS/c1-17-10-7-5-9(6-8-10)14-16-12-4-2-3-11(15)13(12)18-14/h2-8H,1H3. The minimum Gasteiger partial charge on any atom is -0.497 e. The van der Waals surface area contributed by atoms with Crippen molar-refractivity contribution in [1.29, 1.82) is 0 Å².